The van der Waals surface area contributed by atoms with E-state index in [4.69, 9.17) is 0 Å². The van der Waals surface area contributed by atoms with Gasteiger partial charge in [-0.15, -0.1) is 0 Å². The van der Waals surface area contributed by atoms with Crippen LogP contribution in [0.15, 0.2) is 12.1 Å². The van der Waals surface area contributed by atoms with Gasteiger partial charge in [-0.2, -0.15) is 0 Å². The predicted octanol–water partition coefficient (Wildman–Crippen LogP) is 1.54. The van der Waals surface area contributed by atoms with E-state index in [-0.39, 0.29) is 6.04 Å². The highest BCUT2D eigenvalue weighted by molar-refractivity contribution is 5.95. The third-order valence-corrected chi connectivity index (χ3v) is 3.87. The van der Waals surface area contributed by atoms with E-state index in [9.17, 15) is 18.0 Å². The first-order valence-corrected chi connectivity index (χ1v) is 6.23. The monoisotopic (exact) mass is 270 g/mol. The maximum atomic E-state index is 13.6. The summed E-state index contributed by atoms with van der Waals surface area (Å²) in [5.74, 6) is -3.67. The summed E-state index contributed by atoms with van der Waals surface area (Å²) in [6.07, 6.45) is 0.961. The summed E-state index contributed by atoms with van der Waals surface area (Å²) in [5.41, 5.74) is -0.665. The van der Waals surface area contributed by atoms with Crippen molar-refractivity contribution in [3.05, 3.63) is 35.1 Å². The fraction of sp³-hybridized carbons (Fsp3) is 0.462. The lowest BCUT2D eigenvalue weighted by molar-refractivity contribution is 0.0772. The first-order chi connectivity index (χ1) is 9.06. The number of amides is 1. The highest BCUT2D eigenvalue weighted by Gasteiger charge is 2.39. The Labute approximate surface area is 108 Å². The number of hydrogen-bond acceptors (Lipinski definition) is 2. The zero-order valence-corrected chi connectivity index (χ0v) is 10.1. The molecule has 0 aliphatic carbocycles. The van der Waals surface area contributed by atoms with Crippen LogP contribution in [-0.4, -0.2) is 36.5 Å². The summed E-state index contributed by atoms with van der Waals surface area (Å²) in [6, 6.07) is 1.27. The van der Waals surface area contributed by atoms with Crippen LogP contribution in [0.5, 0.6) is 0 Å². The first-order valence-electron chi connectivity index (χ1n) is 6.23. The molecule has 2 fully saturated rings. The van der Waals surface area contributed by atoms with Crippen LogP contribution in [0, 0.1) is 23.4 Å². The largest absolute Gasteiger partial charge is 0.337 e. The lowest BCUT2D eigenvalue weighted by Crippen LogP contribution is -2.34. The zero-order chi connectivity index (χ0) is 13.6. The number of likely N-dealkylation sites (tertiary alicyclic amines) is 1. The summed E-state index contributed by atoms with van der Waals surface area (Å²) in [4.78, 5) is 13.6. The summed E-state index contributed by atoms with van der Waals surface area (Å²) < 4.78 is 39.9. The number of halogens is 3. The summed E-state index contributed by atoms with van der Waals surface area (Å²) in [5, 5.41) is 3.25. The van der Waals surface area contributed by atoms with E-state index in [1.165, 1.54) is 4.90 Å². The van der Waals surface area contributed by atoms with Crippen molar-refractivity contribution in [2.24, 2.45) is 5.92 Å². The Kier molecular flexibility index (Phi) is 2.97. The average molecular weight is 270 g/mol. The van der Waals surface area contributed by atoms with Crippen molar-refractivity contribution in [3.8, 4) is 0 Å². The molecule has 19 heavy (non-hydrogen) atoms. The Morgan fingerprint density at radius 1 is 1.21 bits per heavy atom. The van der Waals surface area contributed by atoms with Gasteiger partial charge in [0.05, 0.1) is 0 Å². The Hall–Kier alpha value is -1.56. The van der Waals surface area contributed by atoms with Gasteiger partial charge in [-0.05, 0) is 18.9 Å². The molecule has 1 aromatic rings. The van der Waals surface area contributed by atoms with E-state index in [1.807, 2.05) is 0 Å². The number of hydrogen-bond donors (Lipinski definition) is 1. The van der Waals surface area contributed by atoms with Gasteiger partial charge in [0.2, 0.25) is 0 Å². The Bertz CT molecular complexity index is 500. The molecule has 2 saturated heterocycles. The molecule has 2 atom stereocenters. The molecular formula is C13H13F3N2O. The van der Waals surface area contributed by atoms with Gasteiger partial charge in [-0.25, -0.2) is 13.2 Å². The second kappa shape index (κ2) is 4.52. The third-order valence-electron chi connectivity index (χ3n) is 3.87. The van der Waals surface area contributed by atoms with Gasteiger partial charge in [0, 0.05) is 31.3 Å². The highest BCUT2D eigenvalue weighted by atomic mass is 19.1. The molecular weight excluding hydrogens is 257 g/mol. The quantitative estimate of drug-likeness (QED) is 0.839. The lowest BCUT2D eigenvalue weighted by atomic mass is 10.1. The van der Waals surface area contributed by atoms with Crippen LogP contribution < -0.4 is 5.32 Å². The number of nitrogens with zero attached hydrogens (tertiary/aromatic N) is 1. The molecule has 0 spiro atoms. The number of fused-ring (bicyclic) bond motifs is 1. The maximum absolute atomic E-state index is 13.6. The number of rotatable bonds is 1. The second-order valence-electron chi connectivity index (χ2n) is 5.06. The molecule has 3 nitrogen and oxygen atoms in total. The van der Waals surface area contributed by atoms with Gasteiger partial charge in [0.25, 0.3) is 5.91 Å². The number of carbonyl (C=O) groups is 1. The van der Waals surface area contributed by atoms with E-state index >= 15 is 0 Å². The standard InChI is InChI=1S/C13H13F3N2O/c14-8-3-9(15)12(10(16)4-8)13(19)18-5-7-1-2-17-11(7)6-18/h3-4,7,11,17H,1-2,5-6H2/t7-,11+/m0/s1. The van der Waals surface area contributed by atoms with Gasteiger partial charge < -0.3 is 10.2 Å². The van der Waals surface area contributed by atoms with E-state index in [1.54, 1.807) is 0 Å². The Morgan fingerprint density at radius 2 is 1.89 bits per heavy atom. The Morgan fingerprint density at radius 3 is 2.53 bits per heavy atom. The second-order valence-corrected chi connectivity index (χ2v) is 5.06. The molecule has 0 radical (unpaired) electrons. The summed E-state index contributed by atoms with van der Waals surface area (Å²) in [6.45, 7) is 1.85. The van der Waals surface area contributed by atoms with Crippen molar-refractivity contribution < 1.29 is 18.0 Å². The average Bonchev–Trinajstić information content (AvgIpc) is 2.86. The van der Waals surface area contributed by atoms with Crippen molar-refractivity contribution in [2.75, 3.05) is 19.6 Å². The molecule has 1 aromatic carbocycles. The number of benzene rings is 1. The van der Waals surface area contributed by atoms with Crippen LogP contribution in [0.3, 0.4) is 0 Å². The van der Waals surface area contributed by atoms with Crippen LogP contribution in [0.1, 0.15) is 16.8 Å². The number of carbonyl (C=O) groups excluding carboxylic acids is 1. The zero-order valence-electron chi connectivity index (χ0n) is 10.1. The van der Waals surface area contributed by atoms with Crippen molar-refractivity contribution in [1.29, 1.82) is 0 Å². The van der Waals surface area contributed by atoms with Crippen molar-refractivity contribution in [3.63, 3.8) is 0 Å². The minimum atomic E-state index is -1.15. The normalized spacial score (nSPS) is 25.7. The molecule has 1 N–H and O–H groups in total. The van der Waals surface area contributed by atoms with E-state index < -0.39 is 28.9 Å². The summed E-state index contributed by atoms with van der Waals surface area (Å²) >= 11 is 0. The molecule has 2 heterocycles. The lowest BCUT2D eigenvalue weighted by Gasteiger charge is -2.18. The SMILES string of the molecule is O=C(c1c(F)cc(F)cc1F)N1C[C@@H]2CCN[C@@H]2C1. The fourth-order valence-electron chi connectivity index (χ4n) is 2.92. The van der Waals surface area contributed by atoms with Crippen molar-refractivity contribution in [2.45, 2.75) is 12.5 Å². The minimum Gasteiger partial charge on any atom is -0.337 e. The molecule has 1 amide bonds. The van der Waals surface area contributed by atoms with Gasteiger partial charge >= 0.3 is 0 Å². The topological polar surface area (TPSA) is 32.3 Å². The van der Waals surface area contributed by atoms with Crippen LogP contribution in [0.25, 0.3) is 0 Å². The van der Waals surface area contributed by atoms with Crippen LogP contribution in [0.2, 0.25) is 0 Å². The third kappa shape index (κ3) is 2.10. The molecule has 0 aromatic heterocycles. The molecule has 0 bridgehead atoms. The van der Waals surface area contributed by atoms with E-state index in [0.29, 0.717) is 31.1 Å². The van der Waals surface area contributed by atoms with Gasteiger partial charge in [-0.1, -0.05) is 0 Å². The molecule has 102 valence electrons. The number of nitrogens with one attached hydrogen (secondary N) is 1. The summed E-state index contributed by atoms with van der Waals surface area (Å²) in [7, 11) is 0. The maximum Gasteiger partial charge on any atom is 0.259 e. The first kappa shape index (κ1) is 12.5. The predicted molar refractivity (Wildman–Crippen MR) is 62.1 cm³/mol. The smallest absolute Gasteiger partial charge is 0.259 e. The van der Waals surface area contributed by atoms with Gasteiger partial charge in [0.1, 0.15) is 23.0 Å². The van der Waals surface area contributed by atoms with E-state index in [2.05, 4.69) is 5.32 Å². The molecule has 0 unspecified atom stereocenters. The van der Waals surface area contributed by atoms with Crippen LogP contribution in [0.4, 0.5) is 13.2 Å². The molecule has 3 rings (SSSR count). The highest BCUT2D eigenvalue weighted by Crippen LogP contribution is 2.27. The Balaban J connectivity index is 1.85. The minimum absolute atomic E-state index is 0.204. The van der Waals surface area contributed by atoms with E-state index in [0.717, 1.165) is 13.0 Å². The van der Waals surface area contributed by atoms with Crippen molar-refractivity contribution >= 4 is 5.91 Å². The van der Waals surface area contributed by atoms with Gasteiger partial charge in [-0.3, -0.25) is 4.79 Å². The molecule has 6 heteroatoms. The fourth-order valence-corrected chi connectivity index (χ4v) is 2.92. The van der Waals surface area contributed by atoms with Crippen LogP contribution in [-0.2, 0) is 0 Å². The molecule has 0 saturated carbocycles. The van der Waals surface area contributed by atoms with Crippen molar-refractivity contribution in [1.82, 2.24) is 10.2 Å². The molecule has 2 aliphatic heterocycles. The van der Waals surface area contributed by atoms with Gasteiger partial charge in [0.15, 0.2) is 0 Å². The molecule has 2 aliphatic rings. The van der Waals surface area contributed by atoms with Crippen LogP contribution >= 0.6 is 0 Å².